The summed E-state index contributed by atoms with van der Waals surface area (Å²) < 4.78 is 10.2. The number of hydrogen-bond acceptors (Lipinski definition) is 6. The minimum Gasteiger partial charge on any atom is -0.467 e. The van der Waals surface area contributed by atoms with E-state index in [1.807, 2.05) is 0 Å². The number of amides is 3. The molecule has 130 valence electrons. The lowest BCUT2D eigenvalue weighted by Gasteiger charge is -2.25. The number of carbonyl (C=O) groups is 3. The molecule has 1 aliphatic heterocycles. The molecule has 2 heterocycles. The second kappa shape index (κ2) is 8.82. The van der Waals surface area contributed by atoms with Crippen LogP contribution in [0.3, 0.4) is 0 Å². The van der Waals surface area contributed by atoms with Crippen LogP contribution in [0.4, 0.5) is 0 Å². The molecule has 3 amide bonds. The first-order valence-corrected chi connectivity index (χ1v) is 7.55. The van der Waals surface area contributed by atoms with Gasteiger partial charge in [-0.25, -0.2) is 5.43 Å². The van der Waals surface area contributed by atoms with Gasteiger partial charge in [0, 0.05) is 18.8 Å². The lowest BCUT2D eigenvalue weighted by Crippen LogP contribution is -2.47. The van der Waals surface area contributed by atoms with Crippen molar-refractivity contribution in [2.45, 2.75) is 19.9 Å². The molecular formula is C15H20N4O5. The van der Waals surface area contributed by atoms with Gasteiger partial charge in [0.15, 0.2) is 0 Å². The van der Waals surface area contributed by atoms with Crippen LogP contribution in [0.2, 0.25) is 0 Å². The van der Waals surface area contributed by atoms with E-state index in [2.05, 4.69) is 15.8 Å². The number of rotatable bonds is 5. The topological polar surface area (TPSA) is 113 Å². The zero-order chi connectivity index (χ0) is 17.4. The maximum Gasteiger partial charge on any atom is 0.329 e. The predicted octanol–water partition coefficient (Wildman–Crippen LogP) is -0.363. The standard InChI is InChI=1S/C15H20N4O5/c1-11(9-13(20)16-10-12-3-2-6-24-12)17-18-14(21)15(22)19-4-7-23-8-5-19/h2-3,6H,4-5,7-10H2,1H3,(H,16,20)(H,18,21). The summed E-state index contributed by atoms with van der Waals surface area (Å²) in [6.45, 7) is 3.45. The van der Waals surface area contributed by atoms with E-state index in [0.717, 1.165) is 0 Å². The summed E-state index contributed by atoms with van der Waals surface area (Å²) in [6.07, 6.45) is 1.53. The number of furan rings is 1. The van der Waals surface area contributed by atoms with Crippen molar-refractivity contribution in [3.05, 3.63) is 24.2 Å². The minimum atomic E-state index is -0.827. The van der Waals surface area contributed by atoms with Crippen molar-refractivity contribution in [3.8, 4) is 0 Å². The van der Waals surface area contributed by atoms with E-state index in [4.69, 9.17) is 9.15 Å². The van der Waals surface area contributed by atoms with Gasteiger partial charge in [-0.1, -0.05) is 0 Å². The summed E-state index contributed by atoms with van der Waals surface area (Å²) >= 11 is 0. The molecule has 1 aliphatic rings. The molecule has 0 aromatic carbocycles. The molecule has 2 rings (SSSR count). The molecule has 9 heteroatoms. The van der Waals surface area contributed by atoms with Crippen LogP contribution in [-0.4, -0.2) is 54.6 Å². The van der Waals surface area contributed by atoms with E-state index in [1.54, 1.807) is 19.1 Å². The third-order valence-electron chi connectivity index (χ3n) is 3.30. The Morgan fingerprint density at radius 1 is 1.29 bits per heavy atom. The SMILES string of the molecule is CC(CC(=O)NCc1ccco1)=NNC(=O)C(=O)N1CCOCC1. The van der Waals surface area contributed by atoms with Crippen molar-refractivity contribution in [1.29, 1.82) is 0 Å². The molecule has 24 heavy (non-hydrogen) atoms. The average Bonchev–Trinajstić information content (AvgIpc) is 3.11. The van der Waals surface area contributed by atoms with Gasteiger partial charge in [-0.2, -0.15) is 5.10 Å². The van der Waals surface area contributed by atoms with Crippen molar-refractivity contribution in [1.82, 2.24) is 15.6 Å². The molecule has 0 spiro atoms. The van der Waals surface area contributed by atoms with Crippen LogP contribution in [0.25, 0.3) is 0 Å². The van der Waals surface area contributed by atoms with E-state index in [0.29, 0.717) is 37.8 Å². The predicted molar refractivity (Wildman–Crippen MR) is 83.8 cm³/mol. The Labute approximate surface area is 139 Å². The van der Waals surface area contributed by atoms with Crippen molar-refractivity contribution < 1.29 is 23.5 Å². The molecule has 0 atom stereocenters. The van der Waals surface area contributed by atoms with Gasteiger partial charge >= 0.3 is 11.8 Å². The van der Waals surface area contributed by atoms with Crippen LogP contribution in [0.1, 0.15) is 19.1 Å². The molecule has 0 aliphatic carbocycles. The maximum atomic E-state index is 11.9. The summed E-state index contributed by atoms with van der Waals surface area (Å²) in [6, 6.07) is 3.48. The van der Waals surface area contributed by atoms with Crippen molar-refractivity contribution >= 4 is 23.4 Å². The quantitative estimate of drug-likeness (QED) is 0.433. The van der Waals surface area contributed by atoms with Crippen LogP contribution in [0, 0.1) is 0 Å². The van der Waals surface area contributed by atoms with Gasteiger partial charge < -0.3 is 19.4 Å². The zero-order valence-corrected chi connectivity index (χ0v) is 13.4. The zero-order valence-electron chi connectivity index (χ0n) is 13.4. The van der Waals surface area contributed by atoms with E-state index < -0.39 is 11.8 Å². The van der Waals surface area contributed by atoms with E-state index in [1.165, 1.54) is 11.2 Å². The lowest BCUT2D eigenvalue weighted by atomic mass is 10.3. The van der Waals surface area contributed by atoms with Gasteiger partial charge in [-0.3, -0.25) is 14.4 Å². The maximum absolute atomic E-state index is 11.9. The average molecular weight is 336 g/mol. The summed E-state index contributed by atoms with van der Waals surface area (Å²) in [5, 5.41) is 6.44. The highest BCUT2D eigenvalue weighted by molar-refractivity contribution is 6.35. The Kier molecular flexibility index (Phi) is 6.50. The first-order chi connectivity index (χ1) is 11.6. The Morgan fingerprint density at radius 3 is 2.71 bits per heavy atom. The summed E-state index contributed by atoms with van der Waals surface area (Å²) in [5.41, 5.74) is 2.56. The first-order valence-electron chi connectivity index (χ1n) is 7.55. The number of nitrogens with one attached hydrogen (secondary N) is 2. The number of nitrogens with zero attached hydrogens (tertiary/aromatic N) is 2. The number of morpholine rings is 1. The number of ether oxygens (including phenoxy) is 1. The van der Waals surface area contributed by atoms with Gasteiger partial charge in [-0.05, 0) is 19.1 Å². The molecule has 1 aromatic rings. The molecule has 2 N–H and O–H groups in total. The fraction of sp³-hybridized carbons (Fsp3) is 0.467. The van der Waals surface area contributed by atoms with Crippen LogP contribution in [-0.2, 0) is 25.7 Å². The molecule has 9 nitrogen and oxygen atoms in total. The van der Waals surface area contributed by atoms with E-state index in [9.17, 15) is 14.4 Å². The van der Waals surface area contributed by atoms with Crippen molar-refractivity contribution in [2.24, 2.45) is 5.10 Å². The highest BCUT2D eigenvalue weighted by Gasteiger charge is 2.23. The molecule has 0 radical (unpaired) electrons. The number of hydrogen-bond donors (Lipinski definition) is 2. The van der Waals surface area contributed by atoms with Gasteiger partial charge in [0.05, 0.1) is 32.4 Å². The lowest BCUT2D eigenvalue weighted by molar-refractivity contribution is -0.148. The number of hydrazone groups is 1. The Morgan fingerprint density at radius 2 is 2.04 bits per heavy atom. The van der Waals surface area contributed by atoms with Gasteiger partial charge in [0.1, 0.15) is 5.76 Å². The van der Waals surface area contributed by atoms with Gasteiger partial charge in [0.2, 0.25) is 5.91 Å². The van der Waals surface area contributed by atoms with Gasteiger partial charge in [-0.15, -0.1) is 0 Å². The van der Waals surface area contributed by atoms with Crippen LogP contribution in [0.5, 0.6) is 0 Å². The molecule has 1 aromatic heterocycles. The van der Waals surface area contributed by atoms with E-state index >= 15 is 0 Å². The highest BCUT2D eigenvalue weighted by atomic mass is 16.5. The fourth-order valence-corrected chi connectivity index (χ4v) is 2.04. The summed E-state index contributed by atoms with van der Waals surface area (Å²) in [7, 11) is 0. The van der Waals surface area contributed by atoms with Crippen molar-refractivity contribution in [2.75, 3.05) is 26.3 Å². The first kappa shape index (κ1) is 17.7. The highest BCUT2D eigenvalue weighted by Crippen LogP contribution is 1.99. The fourth-order valence-electron chi connectivity index (χ4n) is 2.04. The number of carbonyl (C=O) groups excluding carboxylic acids is 3. The molecule has 0 saturated carbocycles. The smallest absolute Gasteiger partial charge is 0.329 e. The molecule has 1 fully saturated rings. The largest absolute Gasteiger partial charge is 0.467 e. The van der Waals surface area contributed by atoms with E-state index in [-0.39, 0.29) is 18.9 Å². The second-order valence-electron chi connectivity index (χ2n) is 5.23. The molecular weight excluding hydrogens is 316 g/mol. The Balaban J connectivity index is 1.72. The summed E-state index contributed by atoms with van der Waals surface area (Å²) in [5.74, 6) is -1.10. The normalized spacial score (nSPS) is 15.0. The Bertz CT molecular complexity index is 605. The third-order valence-corrected chi connectivity index (χ3v) is 3.30. The van der Waals surface area contributed by atoms with Crippen LogP contribution in [0.15, 0.2) is 27.9 Å². The monoisotopic (exact) mass is 336 g/mol. The second-order valence-corrected chi connectivity index (χ2v) is 5.23. The Hall–Kier alpha value is -2.68. The molecule has 1 saturated heterocycles. The summed E-state index contributed by atoms with van der Waals surface area (Å²) in [4.78, 5) is 36.8. The molecule has 0 unspecified atom stereocenters. The van der Waals surface area contributed by atoms with Crippen LogP contribution >= 0.6 is 0 Å². The van der Waals surface area contributed by atoms with Crippen molar-refractivity contribution in [3.63, 3.8) is 0 Å². The minimum absolute atomic E-state index is 0.00668. The van der Waals surface area contributed by atoms with Crippen LogP contribution < -0.4 is 10.7 Å². The third kappa shape index (κ3) is 5.51. The van der Waals surface area contributed by atoms with Gasteiger partial charge in [0.25, 0.3) is 0 Å². The molecule has 0 bridgehead atoms.